The molecule has 0 fully saturated rings. The highest BCUT2D eigenvalue weighted by Crippen LogP contribution is 2.18. The minimum Gasteiger partial charge on any atom is -0.332 e. The summed E-state index contributed by atoms with van der Waals surface area (Å²) in [5.74, 6) is -1.68. The highest BCUT2D eigenvalue weighted by Gasteiger charge is 2.13. The number of urea groups is 1. The summed E-state index contributed by atoms with van der Waals surface area (Å²) in [6.45, 7) is 0.0998. The van der Waals surface area contributed by atoms with Crippen molar-refractivity contribution < 1.29 is 13.6 Å². The normalized spacial score (nSPS) is 10.5. The molecule has 3 rings (SSSR count). The summed E-state index contributed by atoms with van der Waals surface area (Å²) in [5, 5.41) is 8.96. The first-order valence-electron chi connectivity index (χ1n) is 7.48. The smallest absolute Gasteiger partial charge is 0.319 e. The maximum Gasteiger partial charge on any atom is 0.319 e. The summed E-state index contributed by atoms with van der Waals surface area (Å²) >= 11 is 0. The van der Waals surface area contributed by atoms with Gasteiger partial charge in [-0.15, -0.1) is 0 Å². The fraction of sp³-hybridized carbons (Fsp3) is 0.118. The van der Waals surface area contributed by atoms with E-state index in [1.165, 1.54) is 6.07 Å². The Bertz CT molecular complexity index is 875. The number of amides is 2. The van der Waals surface area contributed by atoms with Crippen LogP contribution in [0.4, 0.5) is 19.3 Å². The molecule has 2 amide bonds. The van der Waals surface area contributed by atoms with E-state index >= 15 is 0 Å². The molecule has 2 aromatic heterocycles. The van der Waals surface area contributed by atoms with Gasteiger partial charge < -0.3 is 10.6 Å². The Morgan fingerprint density at radius 3 is 2.60 bits per heavy atom. The second kappa shape index (κ2) is 7.08. The van der Waals surface area contributed by atoms with Crippen LogP contribution in [0.5, 0.6) is 0 Å². The molecule has 25 heavy (non-hydrogen) atoms. The first kappa shape index (κ1) is 16.6. The summed E-state index contributed by atoms with van der Waals surface area (Å²) in [7, 11) is 1.77. The Morgan fingerprint density at radius 2 is 1.92 bits per heavy atom. The highest BCUT2D eigenvalue weighted by atomic mass is 19.1. The summed E-state index contributed by atoms with van der Waals surface area (Å²) in [4.78, 5) is 16.1. The van der Waals surface area contributed by atoms with Crippen LogP contribution >= 0.6 is 0 Å². The summed E-state index contributed by atoms with van der Waals surface area (Å²) in [6, 6.07) is 9.94. The second-order valence-electron chi connectivity index (χ2n) is 5.26. The van der Waals surface area contributed by atoms with Crippen LogP contribution < -0.4 is 10.6 Å². The van der Waals surface area contributed by atoms with Crippen molar-refractivity contribution in [2.75, 3.05) is 5.32 Å². The number of hydrogen-bond donors (Lipinski definition) is 2. The van der Waals surface area contributed by atoms with E-state index in [0.717, 1.165) is 23.5 Å². The van der Waals surface area contributed by atoms with Crippen molar-refractivity contribution >= 4 is 11.7 Å². The average Bonchev–Trinajstić information content (AvgIpc) is 2.98. The number of anilines is 1. The van der Waals surface area contributed by atoms with E-state index in [1.54, 1.807) is 24.0 Å². The zero-order valence-electron chi connectivity index (χ0n) is 13.3. The van der Waals surface area contributed by atoms with Gasteiger partial charge in [0.15, 0.2) is 0 Å². The van der Waals surface area contributed by atoms with Crippen LogP contribution in [0.25, 0.3) is 11.4 Å². The first-order valence-corrected chi connectivity index (χ1v) is 7.48. The number of aryl methyl sites for hydroxylation is 1. The Balaban J connectivity index is 1.65. The van der Waals surface area contributed by atoms with E-state index in [0.29, 0.717) is 5.69 Å². The molecular weight excluding hydrogens is 328 g/mol. The van der Waals surface area contributed by atoms with Crippen LogP contribution in [0.3, 0.4) is 0 Å². The number of halogens is 2. The van der Waals surface area contributed by atoms with Gasteiger partial charge in [-0.3, -0.25) is 9.67 Å². The molecule has 2 heterocycles. The van der Waals surface area contributed by atoms with Gasteiger partial charge in [-0.05, 0) is 30.3 Å². The number of para-hydroxylation sites is 1. The molecule has 0 aliphatic rings. The molecule has 128 valence electrons. The number of hydrogen-bond acceptors (Lipinski definition) is 3. The predicted octanol–water partition coefficient (Wildman–Crippen LogP) is 3.08. The number of aromatic nitrogens is 3. The van der Waals surface area contributed by atoms with Crippen LogP contribution in [-0.4, -0.2) is 20.8 Å². The molecular formula is C17H15F2N5O. The van der Waals surface area contributed by atoms with Crippen LogP contribution in [0.1, 0.15) is 5.69 Å². The maximum absolute atomic E-state index is 13.5. The highest BCUT2D eigenvalue weighted by molar-refractivity contribution is 5.89. The van der Waals surface area contributed by atoms with E-state index in [2.05, 4.69) is 20.7 Å². The molecule has 2 N–H and O–H groups in total. The molecule has 0 saturated carbocycles. The molecule has 0 aliphatic carbocycles. The third kappa shape index (κ3) is 3.79. The lowest BCUT2D eigenvalue weighted by atomic mass is 10.2. The van der Waals surface area contributed by atoms with Gasteiger partial charge in [0.1, 0.15) is 17.3 Å². The SMILES string of the molecule is Cn1nc(CNC(=O)Nc2c(F)cccc2F)cc1-c1ccccn1. The fourth-order valence-electron chi connectivity index (χ4n) is 2.31. The van der Waals surface area contributed by atoms with Gasteiger partial charge in [0, 0.05) is 13.2 Å². The minimum absolute atomic E-state index is 0.0998. The molecule has 3 aromatic rings. The van der Waals surface area contributed by atoms with E-state index < -0.39 is 23.4 Å². The molecule has 1 aromatic carbocycles. The summed E-state index contributed by atoms with van der Waals surface area (Å²) in [6.07, 6.45) is 1.68. The van der Waals surface area contributed by atoms with E-state index in [-0.39, 0.29) is 6.54 Å². The van der Waals surface area contributed by atoms with Crippen LogP contribution in [0, 0.1) is 11.6 Å². The standard InChI is InChI=1S/C17H15F2N5O/c1-24-15(14-7-2-3-8-20-14)9-11(23-24)10-21-17(25)22-16-12(18)5-4-6-13(16)19/h2-9H,10H2,1H3,(H2,21,22,25). The topological polar surface area (TPSA) is 71.8 Å². The Morgan fingerprint density at radius 1 is 1.16 bits per heavy atom. The van der Waals surface area contributed by atoms with Crippen molar-refractivity contribution in [3.05, 3.63) is 66.0 Å². The lowest BCUT2D eigenvalue weighted by Gasteiger charge is -2.08. The molecule has 0 radical (unpaired) electrons. The monoisotopic (exact) mass is 343 g/mol. The molecule has 0 saturated heterocycles. The van der Waals surface area contributed by atoms with Gasteiger partial charge in [0.2, 0.25) is 0 Å². The number of carbonyl (C=O) groups is 1. The second-order valence-corrected chi connectivity index (χ2v) is 5.26. The average molecular weight is 343 g/mol. The Kier molecular flexibility index (Phi) is 4.69. The maximum atomic E-state index is 13.5. The number of nitrogens with one attached hydrogen (secondary N) is 2. The molecule has 0 bridgehead atoms. The summed E-state index contributed by atoms with van der Waals surface area (Å²) < 4.78 is 28.7. The quantitative estimate of drug-likeness (QED) is 0.765. The zero-order chi connectivity index (χ0) is 17.8. The number of benzene rings is 1. The van der Waals surface area contributed by atoms with Crippen molar-refractivity contribution in [3.8, 4) is 11.4 Å². The van der Waals surface area contributed by atoms with Crippen molar-refractivity contribution in [2.45, 2.75) is 6.54 Å². The van der Waals surface area contributed by atoms with Crippen LogP contribution in [0.2, 0.25) is 0 Å². The van der Waals surface area contributed by atoms with Gasteiger partial charge in [0.05, 0.1) is 23.6 Å². The summed E-state index contributed by atoms with van der Waals surface area (Å²) in [5.41, 5.74) is 1.64. The number of pyridine rings is 1. The van der Waals surface area contributed by atoms with E-state index in [4.69, 9.17) is 0 Å². The predicted molar refractivity (Wildman–Crippen MR) is 88.7 cm³/mol. The number of nitrogens with zero attached hydrogens (tertiary/aromatic N) is 3. The lowest BCUT2D eigenvalue weighted by molar-refractivity contribution is 0.251. The van der Waals surface area contributed by atoms with Crippen molar-refractivity contribution in [3.63, 3.8) is 0 Å². The van der Waals surface area contributed by atoms with Crippen molar-refractivity contribution in [1.82, 2.24) is 20.1 Å². The van der Waals surface area contributed by atoms with Gasteiger partial charge in [-0.25, -0.2) is 13.6 Å². The third-order valence-electron chi connectivity index (χ3n) is 3.49. The molecule has 0 unspecified atom stereocenters. The fourth-order valence-corrected chi connectivity index (χ4v) is 2.31. The zero-order valence-corrected chi connectivity index (χ0v) is 13.3. The van der Waals surface area contributed by atoms with E-state index in [1.807, 2.05) is 18.2 Å². The van der Waals surface area contributed by atoms with Crippen LogP contribution in [-0.2, 0) is 13.6 Å². The third-order valence-corrected chi connectivity index (χ3v) is 3.49. The molecule has 0 aliphatic heterocycles. The minimum atomic E-state index is -0.842. The van der Waals surface area contributed by atoms with Crippen molar-refractivity contribution in [2.24, 2.45) is 7.05 Å². The first-order chi connectivity index (χ1) is 12.0. The number of carbonyl (C=O) groups excluding carboxylic acids is 1. The van der Waals surface area contributed by atoms with Crippen molar-refractivity contribution in [1.29, 1.82) is 0 Å². The largest absolute Gasteiger partial charge is 0.332 e. The number of rotatable bonds is 4. The van der Waals surface area contributed by atoms with Gasteiger partial charge in [-0.1, -0.05) is 12.1 Å². The van der Waals surface area contributed by atoms with E-state index in [9.17, 15) is 13.6 Å². The van der Waals surface area contributed by atoms with Gasteiger partial charge in [0.25, 0.3) is 0 Å². The molecule has 0 atom stereocenters. The van der Waals surface area contributed by atoms with Gasteiger partial charge in [-0.2, -0.15) is 5.10 Å². The Hall–Kier alpha value is -3.29. The Labute approximate surface area is 142 Å². The molecule has 0 spiro atoms. The lowest BCUT2D eigenvalue weighted by Crippen LogP contribution is -2.29. The molecule has 6 nitrogen and oxygen atoms in total. The van der Waals surface area contributed by atoms with Gasteiger partial charge >= 0.3 is 6.03 Å². The molecule has 8 heteroatoms. The van der Waals surface area contributed by atoms with Crippen LogP contribution in [0.15, 0.2) is 48.7 Å².